The fourth-order valence-corrected chi connectivity index (χ4v) is 2.71. The zero-order chi connectivity index (χ0) is 11.5. The molecule has 2 saturated heterocycles. The van der Waals surface area contributed by atoms with Crippen LogP contribution in [0.15, 0.2) is 0 Å². The summed E-state index contributed by atoms with van der Waals surface area (Å²) in [6, 6.07) is -0.169. The van der Waals surface area contributed by atoms with E-state index in [1.807, 2.05) is 0 Å². The first-order chi connectivity index (χ1) is 7.68. The molecule has 0 bridgehead atoms. The Kier molecular flexibility index (Phi) is 3.67. The summed E-state index contributed by atoms with van der Waals surface area (Å²) in [6.45, 7) is 0.922. The van der Waals surface area contributed by atoms with Gasteiger partial charge in [-0.3, -0.25) is 10.1 Å². The maximum atomic E-state index is 12.0. The average molecular weight is 246 g/mol. The van der Waals surface area contributed by atoms with Crippen LogP contribution in [-0.2, 0) is 14.3 Å². The van der Waals surface area contributed by atoms with Crippen molar-refractivity contribution in [2.45, 2.75) is 12.1 Å². The molecular formula is C9H14N2O4S. The summed E-state index contributed by atoms with van der Waals surface area (Å²) in [6.07, 6.45) is -0.883. The maximum absolute atomic E-state index is 12.0. The van der Waals surface area contributed by atoms with Crippen LogP contribution in [0.2, 0.25) is 0 Å². The van der Waals surface area contributed by atoms with E-state index in [9.17, 15) is 9.59 Å². The molecule has 6 nitrogen and oxygen atoms in total. The Hall–Kier alpha value is -0.790. The molecule has 90 valence electrons. The lowest BCUT2D eigenvalue weighted by atomic mass is 10.2. The van der Waals surface area contributed by atoms with E-state index in [-0.39, 0.29) is 18.5 Å². The number of amides is 1. The second-order valence-electron chi connectivity index (χ2n) is 3.75. The van der Waals surface area contributed by atoms with Crippen molar-refractivity contribution in [1.82, 2.24) is 10.2 Å². The van der Waals surface area contributed by atoms with Crippen LogP contribution in [-0.4, -0.2) is 65.4 Å². The summed E-state index contributed by atoms with van der Waals surface area (Å²) in [7, 11) is 0. The number of morpholine rings is 1. The van der Waals surface area contributed by atoms with E-state index < -0.39 is 12.1 Å². The van der Waals surface area contributed by atoms with Gasteiger partial charge in [-0.15, -0.1) is 11.8 Å². The number of aliphatic carboxylic acids is 1. The summed E-state index contributed by atoms with van der Waals surface area (Å²) in [5.74, 6) is 0.516. The van der Waals surface area contributed by atoms with Gasteiger partial charge < -0.3 is 14.7 Å². The summed E-state index contributed by atoms with van der Waals surface area (Å²) in [5.41, 5.74) is 0. The van der Waals surface area contributed by atoms with Gasteiger partial charge in [-0.05, 0) is 0 Å². The standard InChI is InChI=1S/C9H14N2O4S/c12-8(6-4-16-5-10-6)11-1-2-15-7(3-11)9(13)14/h6-7,10H,1-5H2,(H,13,14). The van der Waals surface area contributed by atoms with Crippen LogP contribution >= 0.6 is 11.8 Å². The molecule has 1 amide bonds. The van der Waals surface area contributed by atoms with Crippen LogP contribution in [0.25, 0.3) is 0 Å². The van der Waals surface area contributed by atoms with Crippen molar-refractivity contribution in [2.24, 2.45) is 0 Å². The first kappa shape index (κ1) is 11.7. The highest BCUT2D eigenvalue weighted by Crippen LogP contribution is 2.14. The number of carbonyl (C=O) groups excluding carboxylic acids is 1. The second kappa shape index (κ2) is 5.03. The van der Waals surface area contributed by atoms with E-state index in [1.165, 1.54) is 0 Å². The Bertz CT molecular complexity index is 293. The predicted molar refractivity (Wildman–Crippen MR) is 58.2 cm³/mol. The van der Waals surface area contributed by atoms with E-state index in [1.54, 1.807) is 16.7 Å². The minimum Gasteiger partial charge on any atom is -0.479 e. The van der Waals surface area contributed by atoms with E-state index in [2.05, 4.69) is 5.32 Å². The molecule has 2 heterocycles. The van der Waals surface area contributed by atoms with Gasteiger partial charge in [0.15, 0.2) is 6.10 Å². The molecule has 0 aromatic heterocycles. The van der Waals surface area contributed by atoms with Crippen molar-refractivity contribution in [1.29, 1.82) is 0 Å². The highest BCUT2D eigenvalue weighted by molar-refractivity contribution is 7.99. The minimum atomic E-state index is -1.01. The van der Waals surface area contributed by atoms with Crippen LogP contribution < -0.4 is 5.32 Å². The monoisotopic (exact) mass is 246 g/mol. The number of nitrogens with zero attached hydrogens (tertiary/aromatic N) is 1. The molecule has 2 N–H and O–H groups in total. The molecule has 2 atom stereocenters. The fourth-order valence-electron chi connectivity index (χ4n) is 1.77. The van der Waals surface area contributed by atoms with Crippen molar-refractivity contribution in [3.63, 3.8) is 0 Å². The SMILES string of the molecule is O=C(O)C1CN(C(=O)C2CSCN2)CCO1. The maximum Gasteiger partial charge on any atom is 0.334 e. The molecule has 16 heavy (non-hydrogen) atoms. The third-order valence-corrected chi connectivity index (χ3v) is 3.61. The highest BCUT2D eigenvalue weighted by Gasteiger charge is 2.33. The summed E-state index contributed by atoms with van der Waals surface area (Å²) >= 11 is 1.68. The topological polar surface area (TPSA) is 78.9 Å². The molecule has 0 radical (unpaired) electrons. The van der Waals surface area contributed by atoms with Crippen LogP contribution in [0.5, 0.6) is 0 Å². The normalized spacial score (nSPS) is 30.4. The fraction of sp³-hybridized carbons (Fsp3) is 0.778. The quantitative estimate of drug-likeness (QED) is 0.648. The Morgan fingerprint density at radius 1 is 1.50 bits per heavy atom. The lowest BCUT2D eigenvalue weighted by molar-refractivity contribution is -0.159. The summed E-state index contributed by atoms with van der Waals surface area (Å²) in [4.78, 5) is 24.3. The van der Waals surface area contributed by atoms with Crippen LogP contribution in [0, 0.1) is 0 Å². The van der Waals surface area contributed by atoms with Gasteiger partial charge in [-0.1, -0.05) is 0 Å². The number of rotatable bonds is 2. The number of nitrogens with one attached hydrogen (secondary N) is 1. The van der Waals surface area contributed by atoms with E-state index in [4.69, 9.17) is 9.84 Å². The number of ether oxygens (including phenoxy) is 1. The largest absolute Gasteiger partial charge is 0.479 e. The lowest BCUT2D eigenvalue weighted by Gasteiger charge is -2.32. The molecule has 0 aromatic carbocycles. The number of hydrogen-bond donors (Lipinski definition) is 2. The van der Waals surface area contributed by atoms with Gasteiger partial charge >= 0.3 is 5.97 Å². The average Bonchev–Trinajstić information content (AvgIpc) is 2.81. The van der Waals surface area contributed by atoms with Gasteiger partial charge in [0.1, 0.15) is 0 Å². The third kappa shape index (κ3) is 2.47. The number of carboxylic acid groups (broad SMARTS) is 1. The molecule has 0 saturated carbocycles. The van der Waals surface area contributed by atoms with Crippen LogP contribution in [0.3, 0.4) is 0 Å². The molecule has 0 spiro atoms. The molecule has 7 heteroatoms. The first-order valence-corrected chi connectivity index (χ1v) is 6.28. The van der Waals surface area contributed by atoms with Crippen molar-refractivity contribution < 1.29 is 19.4 Å². The minimum absolute atomic E-state index is 0.0143. The number of carbonyl (C=O) groups is 2. The van der Waals surface area contributed by atoms with Crippen LogP contribution in [0.1, 0.15) is 0 Å². The predicted octanol–water partition coefficient (Wildman–Crippen LogP) is -1.04. The summed E-state index contributed by atoms with van der Waals surface area (Å²) < 4.78 is 5.06. The zero-order valence-electron chi connectivity index (χ0n) is 8.72. The Labute approximate surface area is 97.3 Å². The molecular weight excluding hydrogens is 232 g/mol. The van der Waals surface area contributed by atoms with Crippen LogP contribution in [0.4, 0.5) is 0 Å². The number of carboxylic acids is 1. The summed E-state index contributed by atoms with van der Waals surface area (Å²) in [5, 5.41) is 11.9. The Morgan fingerprint density at radius 3 is 2.94 bits per heavy atom. The highest BCUT2D eigenvalue weighted by atomic mass is 32.2. The van der Waals surface area contributed by atoms with E-state index >= 15 is 0 Å². The van der Waals surface area contributed by atoms with E-state index in [0.717, 1.165) is 11.6 Å². The molecule has 2 rings (SSSR count). The molecule has 2 aliphatic heterocycles. The Balaban J connectivity index is 1.93. The smallest absolute Gasteiger partial charge is 0.334 e. The van der Waals surface area contributed by atoms with Crippen molar-refractivity contribution in [2.75, 3.05) is 31.3 Å². The first-order valence-electron chi connectivity index (χ1n) is 5.13. The molecule has 0 aromatic rings. The second-order valence-corrected chi connectivity index (χ2v) is 4.78. The van der Waals surface area contributed by atoms with Gasteiger partial charge in [0.25, 0.3) is 0 Å². The molecule has 2 fully saturated rings. The van der Waals surface area contributed by atoms with Gasteiger partial charge in [-0.2, -0.15) is 0 Å². The van der Waals surface area contributed by atoms with Crippen molar-refractivity contribution in [3.8, 4) is 0 Å². The number of thioether (sulfide) groups is 1. The van der Waals surface area contributed by atoms with Gasteiger partial charge in [0.2, 0.25) is 5.91 Å². The number of hydrogen-bond acceptors (Lipinski definition) is 5. The lowest BCUT2D eigenvalue weighted by Crippen LogP contribution is -2.53. The molecule has 2 unspecified atom stereocenters. The van der Waals surface area contributed by atoms with Gasteiger partial charge in [0.05, 0.1) is 19.2 Å². The van der Waals surface area contributed by atoms with Gasteiger partial charge in [-0.25, -0.2) is 4.79 Å². The zero-order valence-corrected chi connectivity index (χ0v) is 9.53. The molecule has 2 aliphatic rings. The van der Waals surface area contributed by atoms with Gasteiger partial charge in [0, 0.05) is 18.2 Å². The molecule has 0 aliphatic carbocycles. The van der Waals surface area contributed by atoms with E-state index in [0.29, 0.717) is 13.2 Å². The van der Waals surface area contributed by atoms with Crippen molar-refractivity contribution >= 4 is 23.6 Å². The third-order valence-electron chi connectivity index (χ3n) is 2.67. The Morgan fingerprint density at radius 2 is 2.31 bits per heavy atom. The van der Waals surface area contributed by atoms with Crippen molar-refractivity contribution in [3.05, 3.63) is 0 Å².